The second-order valence-corrected chi connectivity index (χ2v) is 6.73. The number of para-hydroxylation sites is 1. The van der Waals surface area contributed by atoms with E-state index in [1.54, 1.807) is 7.11 Å². The molecule has 0 radical (unpaired) electrons. The van der Waals surface area contributed by atoms with Crippen LogP contribution in [0.4, 0.5) is 17.5 Å². The highest BCUT2D eigenvalue weighted by molar-refractivity contribution is 5.92. The smallest absolute Gasteiger partial charge is 0.225 e. The fraction of sp³-hybridized carbons (Fsp3) is 0.333. The molecule has 0 bridgehead atoms. The minimum Gasteiger partial charge on any atom is -0.497 e. The van der Waals surface area contributed by atoms with Crippen molar-refractivity contribution in [1.82, 2.24) is 14.9 Å². The van der Waals surface area contributed by atoms with Crippen molar-refractivity contribution in [3.8, 4) is 5.75 Å². The van der Waals surface area contributed by atoms with E-state index in [2.05, 4.69) is 40.3 Å². The third-order valence-electron chi connectivity index (χ3n) is 4.43. The molecule has 3 aromatic rings. The Bertz CT molecular complexity index is 879. The van der Waals surface area contributed by atoms with E-state index in [1.807, 2.05) is 49.5 Å². The quantitative estimate of drug-likeness (QED) is 0.613. The number of nitrogens with zero attached hydrogens (tertiary/aromatic N) is 4. The predicted octanol–water partition coefficient (Wildman–Crippen LogP) is 3.77. The van der Waals surface area contributed by atoms with E-state index in [1.165, 1.54) is 0 Å². The molecule has 0 aliphatic rings. The molecule has 0 spiro atoms. The van der Waals surface area contributed by atoms with Crippen molar-refractivity contribution in [1.29, 1.82) is 0 Å². The molecule has 0 aliphatic carbocycles. The van der Waals surface area contributed by atoms with Gasteiger partial charge in [-0.3, -0.25) is 0 Å². The summed E-state index contributed by atoms with van der Waals surface area (Å²) in [7, 11) is 7.85. The summed E-state index contributed by atoms with van der Waals surface area (Å²) in [5.74, 6) is 2.37. The maximum Gasteiger partial charge on any atom is 0.225 e. The third-order valence-corrected chi connectivity index (χ3v) is 4.43. The minimum atomic E-state index is 0.655. The van der Waals surface area contributed by atoms with Crippen LogP contribution in [0, 0.1) is 0 Å². The van der Waals surface area contributed by atoms with Crippen LogP contribution in [0.25, 0.3) is 10.9 Å². The SMILES string of the molecule is COc1ccc(N(C)c2nc(NCCCN(C)C)nc3ccccc23)cc1. The monoisotopic (exact) mass is 365 g/mol. The molecule has 6 heteroatoms. The summed E-state index contributed by atoms with van der Waals surface area (Å²) in [5, 5.41) is 4.38. The van der Waals surface area contributed by atoms with Crippen LogP contribution < -0.4 is 15.0 Å². The Morgan fingerprint density at radius 3 is 2.41 bits per heavy atom. The molecule has 1 aromatic heterocycles. The van der Waals surface area contributed by atoms with Gasteiger partial charge in [0, 0.05) is 24.7 Å². The Morgan fingerprint density at radius 1 is 0.963 bits per heavy atom. The number of methoxy groups -OCH3 is 1. The Labute approximate surface area is 160 Å². The van der Waals surface area contributed by atoms with Crippen molar-refractivity contribution in [3.63, 3.8) is 0 Å². The molecule has 0 saturated heterocycles. The number of rotatable bonds is 8. The minimum absolute atomic E-state index is 0.655. The van der Waals surface area contributed by atoms with Crippen molar-refractivity contribution in [3.05, 3.63) is 48.5 Å². The van der Waals surface area contributed by atoms with E-state index >= 15 is 0 Å². The number of benzene rings is 2. The van der Waals surface area contributed by atoms with Gasteiger partial charge in [0.1, 0.15) is 11.6 Å². The normalized spacial score (nSPS) is 11.0. The van der Waals surface area contributed by atoms with Crippen LogP contribution in [0.1, 0.15) is 6.42 Å². The summed E-state index contributed by atoms with van der Waals surface area (Å²) in [5.41, 5.74) is 1.97. The predicted molar refractivity (Wildman–Crippen MR) is 112 cm³/mol. The van der Waals surface area contributed by atoms with Gasteiger partial charge in [0.15, 0.2) is 0 Å². The molecule has 1 heterocycles. The topological polar surface area (TPSA) is 53.5 Å². The van der Waals surface area contributed by atoms with Gasteiger partial charge in [-0.15, -0.1) is 0 Å². The number of anilines is 3. The largest absolute Gasteiger partial charge is 0.497 e. The lowest BCUT2D eigenvalue weighted by atomic mass is 10.2. The molecule has 1 N–H and O–H groups in total. The van der Waals surface area contributed by atoms with E-state index < -0.39 is 0 Å². The van der Waals surface area contributed by atoms with Gasteiger partial charge >= 0.3 is 0 Å². The van der Waals surface area contributed by atoms with E-state index in [9.17, 15) is 0 Å². The van der Waals surface area contributed by atoms with Gasteiger partial charge in [-0.1, -0.05) is 12.1 Å². The second-order valence-electron chi connectivity index (χ2n) is 6.73. The number of aromatic nitrogens is 2. The summed E-state index contributed by atoms with van der Waals surface area (Å²) >= 11 is 0. The number of hydrogen-bond donors (Lipinski definition) is 1. The molecule has 0 atom stereocenters. The Kier molecular flexibility index (Phi) is 6.08. The van der Waals surface area contributed by atoms with Gasteiger partial charge in [-0.25, -0.2) is 4.98 Å². The fourth-order valence-electron chi connectivity index (χ4n) is 2.92. The average molecular weight is 365 g/mol. The fourth-order valence-corrected chi connectivity index (χ4v) is 2.92. The van der Waals surface area contributed by atoms with Gasteiger partial charge in [0.05, 0.1) is 12.6 Å². The number of hydrogen-bond acceptors (Lipinski definition) is 6. The van der Waals surface area contributed by atoms with E-state index in [0.29, 0.717) is 5.95 Å². The van der Waals surface area contributed by atoms with Gasteiger partial charge in [-0.05, 0) is 63.5 Å². The number of fused-ring (bicyclic) bond motifs is 1. The van der Waals surface area contributed by atoms with Crippen molar-refractivity contribution >= 4 is 28.4 Å². The molecule has 6 nitrogen and oxygen atoms in total. The molecular formula is C21H27N5O. The van der Waals surface area contributed by atoms with Gasteiger partial charge in [-0.2, -0.15) is 4.98 Å². The molecule has 0 saturated carbocycles. The molecule has 2 aromatic carbocycles. The molecule has 0 unspecified atom stereocenters. The molecule has 27 heavy (non-hydrogen) atoms. The van der Waals surface area contributed by atoms with Crippen molar-refractivity contribution < 1.29 is 4.74 Å². The maximum atomic E-state index is 5.26. The zero-order valence-electron chi connectivity index (χ0n) is 16.4. The van der Waals surface area contributed by atoms with Crippen LogP contribution in [0.2, 0.25) is 0 Å². The first-order valence-electron chi connectivity index (χ1n) is 9.11. The molecular weight excluding hydrogens is 338 g/mol. The highest BCUT2D eigenvalue weighted by Gasteiger charge is 2.13. The number of ether oxygens (including phenoxy) is 1. The Balaban J connectivity index is 1.89. The van der Waals surface area contributed by atoms with E-state index in [-0.39, 0.29) is 0 Å². The maximum absolute atomic E-state index is 5.26. The van der Waals surface area contributed by atoms with Crippen LogP contribution in [0.3, 0.4) is 0 Å². The Morgan fingerprint density at radius 2 is 1.70 bits per heavy atom. The van der Waals surface area contributed by atoms with Gasteiger partial charge in [0.2, 0.25) is 5.95 Å². The van der Waals surface area contributed by atoms with Crippen LogP contribution >= 0.6 is 0 Å². The summed E-state index contributed by atoms with van der Waals surface area (Å²) in [6, 6.07) is 16.1. The zero-order chi connectivity index (χ0) is 19.2. The third kappa shape index (κ3) is 4.65. The van der Waals surface area contributed by atoms with E-state index in [4.69, 9.17) is 9.72 Å². The van der Waals surface area contributed by atoms with Gasteiger partial charge in [0.25, 0.3) is 0 Å². The molecule has 0 amide bonds. The number of nitrogens with one attached hydrogen (secondary N) is 1. The molecule has 3 rings (SSSR count). The summed E-state index contributed by atoms with van der Waals surface area (Å²) in [6.45, 7) is 1.86. The first-order chi connectivity index (χ1) is 13.1. The lowest BCUT2D eigenvalue weighted by molar-refractivity contribution is 0.405. The standard InChI is InChI=1S/C21H27N5O/c1-25(2)15-7-14-22-21-23-19-9-6-5-8-18(19)20(24-21)26(3)16-10-12-17(27-4)13-11-16/h5-6,8-13H,7,14-15H2,1-4H3,(H,22,23,24). The summed E-state index contributed by atoms with van der Waals surface area (Å²) < 4.78 is 5.26. The lowest BCUT2D eigenvalue weighted by Crippen LogP contribution is -2.18. The highest BCUT2D eigenvalue weighted by atomic mass is 16.5. The average Bonchev–Trinajstić information content (AvgIpc) is 2.70. The van der Waals surface area contributed by atoms with Crippen molar-refractivity contribution in [2.45, 2.75) is 6.42 Å². The van der Waals surface area contributed by atoms with Crippen LogP contribution in [-0.2, 0) is 0 Å². The summed E-state index contributed by atoms with van der Waals surface area (Å²) in [6.07, 6.45) is 1.03. The Hall–Kier alpha value is -2.86. The molecule has 142 valence electrons. The first-order valence-corrected chi connectivity index (χ1v) is 9.11. The molecule has 0 aliphatic heterocycles. The summed E-state index contributed by atoms with van der Waals surface area (Å²) in [4.78, 5) is 13.7. The van der Waals surface area contributed by atoms with Crippen LogP contribution in [0.5, 0.6) is 5.75 Å². The highest BCUT2D eigenvalue weighted by Crippen LogP contribution is 2.30. The molecule has 0 fully saturated rings. The van der Waals surface area contributed by atoms with Crippen LogP contribution in [-0.4, -0.2) is 56.2 Å². The first kappa shape index (κ1) is 18.9. The zero-order valence-corrected chi connectivity index (χ0v) is 16.4. The second kappa shape index (κ2) is 8.68. The van der Waals surface area contributed by atoms with Crippen LogP contribution in [0.15, 0.2) is 48.5 Å². The lowest BCUT2D eigenvalue weighted by Gasteiger charge is -2.21. The van der Waals surface area contributed by atoms with Crippen molar-refractivity contribution in [2.75, 3.05) is 51.6 Å². The van der Waals surface area contributed by atoms with Crippen molar-refractivity contribution in [2.24, 2.45) is 0 Å². The van der Waals surface area contributed by atoms with E-state index in [0.717, 1.165) is 47.7 Å². The van der Waals surface area contributed by atoms with Gasteiger partial charge < -0.3 is 19.9 Å².